The summed E-state index contributed by atoms with van der Waals surface area (Å²) in [7, 11) is 1.67. The van der Waals surface area contributed by atoms with E-state index < -0.39 is 11.5 Å². The minimum atomic E-state index is -0.892. The summed E-state index contributed by atoms with van der Waals surface area (Å²) in [6.07, 6.45) is 11.6. The summed E-state index contributed by atoms with van der Waals surface area (Å²) in [5, 5.41) is 0. The molecule has 32 heavy (non-hydrogen) atoms. The number of halogens is 1. The first-order valence-electron chi connectivity index (χ1n) is 11.1. The Balaban J connectivity index is 1.57. The summed E-state index contributed by atoms with van der Waals surface area (Å²) < 4.78 is 14.4. The number of guanidine groups is 1. The zero-order valence-electron chi connectivity index (χ0n) is 18.3. The molecular formula is C26H27FN4O. The first-order chi connectivity index (χ1) is 15.4. The van der Waals surface area contributed by atoms with Crippen LogP contribution in [0.1, 0.15) is 31.7 Å². The summed E-state index contributed by atoms with van der Waals surface area (Å²) in [6, 6.07) is 10.2. The summed E-state index contributed by atoms with van der Waals surface area (Å²) in [5.41, 5.74) is 8.38. The molecule has 1 amide bonds. The van der Waals surface area contributed by atoms with E-state index >= 15 is 0 Å². The highest BCUT2D eigenvalue weighted by atomic mass is 19.1. The van der Waals surface area contributed by atoms with E-state index in [1.807, 2.05) is 19.1 Å². The number of nitrogens with two attached hydrogens (primary N) is 1. The number of carbonyl (C=O) groups is 1. The molecule has 2 N–H and O–H groups in total. The third kappa shape index (κ3) is 3.44. The highest BCUT2D eigenvalue weighted by Crippen LogP contribution is 2.46. The highest BCUT2D eigenvalue weighted by molar-refractivity contribution is 6.00. The van der Waals surface area contributed by atoms with Gasteiger partial charge in [-0.2, -0.15) is 0 Å². The second kappa shape index (κ2) is 7.69. The van der Waals surface area contributed by atoms with E-state index in [0.717, 1.165) is 12.0 Å². The van der Waals surface area contributed by atoms with E-state index in [0.29, 0.717) is 17.2 Å². The molecule has 1 saturated carbocycles. The Kier molecular flexibility index (Phi) is 4.96. The third-order valence-corrected chi connectivity index (χ3v) is 7.03. The summed E-state index contributed by atoms with van der Waals surface area (Å²) >= 11 is 0. The molecule has 164 valence electrons. The quantitative estimate of drug-likeness (QED) is 0.781. The number of amides is 1. The van der Waals surface area contributed by atoms with Gasteiger partial charge >= 0.3 is 0 Å². The van der Waals surface area contributed by atoms with Crippen molar-refractivity contribution in [3.8, 4) is 11.3 Å². The van der Waals surface area contributed by atoms with E-state index in [2.05, 4.69) is 23.2 Å². The van der Waals surface area contributed by atoms with Crippen molar-refractivity contribution in [3.63, 3.8) is 0 Å². The fourth-order valence-electron chi connectivity index (χ4n) is 4.97. The van der Waals surface area contributed by atoms with Gasteiger partial charge in [-0.1, -0.05) is 30.4 Å². The lowest BCUT2D eigenvalue weighted by atomic mass is 9.69. The van der Waals surface area contributed by atoms with Gasteiger partial charge in [0.25, 0.3) is 0 Å². The predicted octanol–water partition coefficient (Wildman–Crippen LogP) is 4.42. The molecule has 5 nitrogen and oxygen atoms in total. The molecule has 3 aliphatic rings. The Morgan fingerprint density at radius 3 is 2.69 bits per heavy atom. The molecule has 0 saturated heterocycles. The number of benzene rings is 1. The van der Waals surface area contributed by atoms with Gasteiger partial charge in [-0.25, -0.2) is 9.38 Å². The van der Waals surface area contributed by atoms with E-state index in [1.54, 1.807) is 31.4 Å². The zero-order valence-corrected chi connectivity index (χ0v) is 18.3. The fraction of sp³-hybridized carbons (Fsp3) is 0.346. The topological polar surface area (TPSA) is 71.6 Å². The van der Waals surface area contributed by atoms with Crippen molar-refractivity contribution >= 4 is 11.9 Å². The second-order valence-corrected chi connectivity index (χ2v) is 9.14. The molecule has 0 bridgehead atoms. The zero-order chi connectivity index (χ0) is 22.5. The summed E-state index contributed by atoms with van der Waals surface area (Å²) in [4.78, 5) is 24.1. The lowest BCUT2D eigenvalue weighted by Gasteiger charge is -2.43. The molecule has 1 unspecified atom stereocenters. The van der Waals surface area contributed by atoms with Crippen molar-refractivity contribution in [1.82, 2.24) is 9.88 Å². The first kappa shape index (κ1) is 20.6. The van der Waals surface area contributed by atoms with E-state index in [-0.39, 0.29) is 23.6 Å². The van der Waals surface area contributed by atoms with Gasteiger partial charge in [0.1, 0.15) is 5.82 Å². The average molecular weight is 431 g/mol. The molecule has 0 radical (unpaired) electrons. The van der Waals surface area contributed by atoms with Gasteiger partial charge < -0.3 is 5.73 Å². The van der Waals surface area contributed by atoms with Crippen LogP contribution < -0.4 is 5.73 Å². The number of hydrogen-bond acceptors (Lipinski definition) is 4. The van der Waals surface area contributed by atoms with Crippen LogP contribution in [-0.2, 0) is 10.3 Å². The SMILES string of the molecule is CN1C(=O)[C@H](C2C=CC(C3CC3)=CC2)[C@@](C)(c2ccnc(-c3ccccc3F)c2)N=C1N. The lowest BCUT2D eigenvalue weighted by molar-refractivity contribution is -0.135. The van der Waals surface area contributed by atoms with Crippen LogP contribution in [0.15, 0.2) is 71.4 Å². The molecule has 2 aromatic rings. The number of pyridine rings is 1. The van der Waals surface area contributed by atoms with Gasteiger partial charge in [0.2, 0.25) is 5.91 Å². The molecule has 0 spiro atoms. The smallest absolute Gasteiger partial charge is 0.235 e. The Labute approximate surface area is 187 Å². The number of aliphatic imine (C=N–C) groups is 1. The second-order valence-electron chi connectivity index (χ2n) is 9.14. The van der Waals surface area contributed by atoms with Crippen molar-refractivity contribution < 1.29 is 9.18 Å². The van der Waals surface area contributed by atoms with Gasteiger partial charge in [-0.3, -0.25) is 14.7 Å². The van der Waals surface area contributed by atoms with Crippen LogP contribution in [0, 0.1) is 23.6 Å². The maximum Gasteiger partial charge on any atom is 0.235 e. The molecule has 1 fully saturated rings. The van der Waals surface area contributed by atoms with Gasteiger partial charge in [-0.05, 0) is 73.4 Å². The molecule has 3 atom stereocenters. The van der Waals surface area contributed by atoms with Crippen molar-refractivity contribution in [1.29, 1.82) is 0 Å². The largest absolute Gasteiger partial charge is 0.369 e. The average Bonchev–Trinajstić information content (AvgIpc) is 3.64. The fourth-order valence-corrected chi connectivity index (χ4v) is 4.97. The molecule has 2 heterocycles. The number of nitrogens with zero attached hydrogens (tertiary/aromatic N) is 3. The lowest BCUT2D eigenvalue weighted by Crippen LogP contribution is -2.55. The van der Waals surface area contributed by atoms with Gasteiger partial charge in [0.05, 0.1) is 17.2 Å². The molecule has 6 heteroatoms. The van der Waals surface area contributed by atoms with Gasteiger partial charge in [-0.15, -0.1) is 0 Å². The first-order valence-corrected chi connectivity index (χ1v) is 11.1. The number of carbonyl (C=O) groups excluding carboxylic acids is 1. The Morgan fingerprint density at radius 2 is 2.00 bits per heavy atom. The van der Waals surface area contributed by atoms with Crippen LogP contribution in [0.3, 0.4) is 0 Å². The summed E-state index contributed by atoms with van der Waals surface area (Å²) in [5.74, 6) is 0.0484. The molecule has 1 aromatic heterocycles. The van der Waals surface area contributed by atoms with Crippen LogP contribution in [0.25, 0.3) is 11.3 Å². The van der Waals surface area contributed by atoms with Crippen molar-refractivity contribution in [2.75, 3.05) is 7.05 Å². The number of hydrogen-bond donors (Lipinski definition) is 1. The van der Waals surface area contributed by atoms with Gasteiger partial charge in [0, 0.05) is 18.8 Å². The van der Waals surface area contributed by atoms with Crippen molar-refractivity contribution in [3.05, 3.63) is 77.8 Å². The van der Waals surface area contributed by atoms with Crippen LogP contribution >= 0.6 is 0 Å². The highest BCUT2D eigenvalue weighted by Gasteiger charge is 2.49. The van der Waals surface area contributed by atoms with E-state index in [9.17, 15) is 9.18 Å². The molecule has 1 aromatic carbocycles. The Hall–Kier alpha value is -3.28. The number of allylic oxidation sites excluding steroid dienone is 4. The third-order valence-electron chi connectivity index (χ3n) is 7.03. The van der Waals surface area contributed by atoms with Crippen LogP contribution in [0.4, 0.5) is 4.39 Å². The van der Waals surface area contributed by atoms with Crippen LogP contribution in [0.2, 0.25) is 0 Å². The number of aromatic nitrogens is 1. The van der Waals surface area contributed by atoms with Gasteiger partial charge in [0.15, 0.2) is 5.96 Å². The monoisotopic (exact) mass is 430 g/mol. The van der Waals surface area contributed by atoms with Crippen LogP contribution in [0.5, 0.6) is 0 Å². The minimum Gasteiger partial charge on any atom is -0.369 e. The van der Waals surface area contributed by atoms with E-state index in [1.165, 1.54) is 29.4 Å². The molecule has 5 rings (SSSR count). The van der Waals surface area contributed by atoms with Crippen LogP contribution in [-0.4, -0.2) is 28.8 Å². The van der Waals surface area contributed by atoms with Crippen molar-refractivity contribution in [2.45, 2.75) is 31.7 Å². The Bertz CT molecular complexity index is 1170. The number of rotatable bonds is 4. The predicted molar refractivity (Wildman–Crippen MR) is 123 cm³/mol. The molecule has 1 aliphatic heterocycles. The standard InChI is InChI=1S/C26H27FN4O/c1-26(19-13-14-29-22(15-19)20-5-3-4-6-21(20)27)23(24(32)31(2)25(28)30-26)18-11-9-17(10-12-18)16-7-8-16/h3-6,9-11,13-16,18,23H,7-8,12H2,1-2H3,(H2,28,30)/t18?,23-,26+/m0/s1. The Morgan fingerprint density at radius 1 is 1.22 bits per heavy atom. The normalized spacial score (nSPS) is 27.8. The van der Waals surface area contributed by atoms with E-state index in [4.69, 9.17) is 10.7 Å². The van der Waals surface area contributed by atoms with Crippen molar-refractivity contribution in [2.24, 2.45) is 28.5 Å². The maximum absolute atomic E-state index is 14.4. The molecule has 2 aliphatic carbocycles. The minimum absolute atomic E-state index is 0.000577. The maximum atomic E-state index is 14.4. The summed E-state index contributed by atoms with van der Waals surface area (Å²) in [6.45, 7) is 1.95. The molecular weight excluding hydrogens is 403 g/mol.